The standard InChI is InChI=1S/C19H16O5/c1-12-15-8-7-14(23-11-13-5-3-2-4-6-13)9-17(15)24-19(22)16(12)10-18(20)21/h2-9H,10-11H2,1H3,(H,20,21)/p-1. The molecule has 0 aliphatic heterocycles. The summed E-state index contributed by atoms with van der Waals surface area (Å²) in [5.41, 5.74) is 1.43. The molecule has 0 aliphatic carbocycles. The fourth-order valence-electron chi connectivity index (χ4n) is 2.55. The Morgan fingerprint density at radius 2 is 1.92 bits per heavy atom. The zero-order chi connectivity index (χ0) is 17.1. The zero-order valence-electron chi connectivity index (χ0n) is 13.1. The highest BCUT2D eigenvalue weighted by Crippen LogP contribution is 2.24. The van der Waals surface area contributed by atoms with Crippen LogP contribution in [-0.2, 0) is 17.8 Å². The average molecular weight is 323 g/mol. The second-order valence-corrected chi connectivity index (χ2v) is 5.47. The number of aryl methyl sites for hydroxylation is 1. The van der Waals surface area contributed by atoms with E-state index in [-0.39, 0.29) is 5.56 Å². The fourth-order valence-corrected chi connectivity index (χ4v) is 2.55. The lowest BCUT2D eigenvalue weighted by Crippen LogP contribution is -2.27. The minimum absolute atomic E-state index is 0.112. The number of carbonyl (C=O) groups is 1. The van der Waals surface area contributed by atoms with Crippen molar-refractivity contribution in [2.45, 2.75) is 20.0 Å². The van der Waals surface area contributed by atoms with E-state index in [0.29, 0.717) is 28.9 Å². The molecule has 0 saturated carbocycles. The highest BCUT2D eigenvalue weighted by atomic mass is 16.5. The first-order chi connectivity index (χ1) is 11.5. The van der Waals surface area contributed by atoms with Gasteiger partial charge >= 0.3 is 5.63 Å². The topological polar surface area (TPSA) is 79.6 Å². The Kier molecular flexibility index (Phi) is 4.33. The van der Waals surface area contributed by atoms with Gasteiger partial charge in [0.2, 0.25) is 0 Å². The molecule has 0 saturated heterocycles. The van der Waals surface area contributed by atoms with Crippen molar-refractivity contribution in [2.24, 2.45) is 0 Å². The molecule has 0 fully saturated rings. The summed E-state index contributed by atoms with van der Waals surface area (Å²) in [5, 5.41) is 11.5. The van der Waals surface area contributed by atoms with Gasteiger partial charge in [0.1, 0.15) is 17.9 Å². The van der Waals surface area contributed by atoms with Gasteiger partial charge in [-0.3, -0.25) is 0 Å². The molecule has 0 N–H and O–H groups in total. The van der Waals surface area contributed by atoms with Crippen molar-refractivity contribution in [3.05, 3.63) is 75.6 Å². The van der Waals surface area contributed by atoms with Crippen molar-refractivity contribution in [1.29, 1.82) is 0 Å². The van der Waals surface area contributed by atoms with Crippen molar-refractivity contribution in [3.63, 3.8) is 0 Å². The summed E-state index contributed by atoms with van der Waals surface area (Å²) in [6.45, 7) is 2.10. The predicted octanol–water partition coefficient (Wildman–Crippen LogP) is 1.97. The van der Waals surface area contributed by atoms with E-state index in [1.165, 1.54) is 0 Å². The van der Waals surface area contributed by atoms with Gasteiger partial charge in [-0.25, -0.2) is 4.79 Å². The summed E-state index contributed by atoms with van der Waals surface area (Å²) in [6, 6.07) is 14.9. The number of ether oxygens (including phenoxy) is 1. The second-order valence-electron chi connectivity index (χ2n) is 5.47. The van der Waals surface area contributed by atoms with Gasteiger partial charge < -0.3 is 19.1 Å². The van der Waals surface area contributed by atoms with Crippen LogP contribution in [0.1, 0.15) is 16.7 Å². The van der Waals surface area contributed by atoms with E-state index in [1.54, 1.807) is 25.1 Å². The van der Waals surface area contributed by atoms with Gasteiger partial charge in [-0.1, -0.05) is 30.3 Å². The van der Waals surface area contributed by atoms with E-state index in [9.17, 15) is 14.7 Å². The van der Waals surface area contributed by atoms with Crippen molar-refractivity contribution in [2.75, 3.05) is 0 Å². The molecule has 0 atom stereocenters. The van der Waals surface area contributed by atoms with Gasteiger partial charge in [-0.15, -0.1) is 0 Å². The average Bonchev–Trinajstić information content (AvgIpc) is 2.57. The largest absolute Gasteiger partial charge is 0.550 e. The molecule has 0 unspecified atom stereocenters. The molecular weight excluding hydrogens is 308 g/mol. The Labute approximate surface area is 138 Å². The van der Waals surface area contributed by atoms with Gasteiger partial charge in [0.15, 0.2) is 0 Å². The van der Waals surface area contributed by atoms with Crippen LogP contribution in [-0.4, -0.2) is 5.97 Å². The van der Waals surface area contributed by atoms with Gasteiger partial charge in [0.25, 0.3) is 0 Å². The molecule has 5 nitrogen and oxygen atoms in total. The van der Waals surface area contributed by atoms with Crippen LogP contribution in [0.5, 0.6) is 5.75 Å². The number of carboxylic acid groups (broad SMARTS) is 1. The summed E-state index contributed by atoms with van der Waals surface area (Å²) in [5.74, 6) is -0.742. The summed E-state index contributed by atoms with van der Waals surface area (Å²) in [7, 11) is 0. The monoisotopic (exact) mass is 323 g/mol. The number of benzene rings is 2. The maximum Gasteiger partial charge on any atom is 0.340 e. The molecule has 0 amide bonds. The lowest BCUT2D eigenvalue weighted by molar-refractivity contribution is -0.304. The minimum atomic E-state index is -1.31. The van der Waals surface area contributed by atoms with Crippen LogP contribution in [0.3, 0.4) is 0 Å². The fraction of sp³-hybridized carbons (Fsp3) is 0.158. The van der Waals surface area contributed by atoms with Crippen LogP contribution in [0.25, 0.3) is 11.0 Å². The Balaban J connectivity index is 1.91. The molecule has 5 heteroatoms. The first kappa shape index (κ1) is 15.8. The third-order valence-corrected chi connectivity index (χ3v) is 3.83. The first-order valence-corrected chi connectivity index (χ1v) is 7.47. The summed E-state index contributed by atoms with van der Waals surface area (Å²) in [4.78, 5) is 22.8. The molecule has 0 radical (unpaired) electrons. The Bertz CT molecular complexity index is 941. The first-order valence-electron chi connectivity index (χ1n) is 7.47. The quantitative estimate of drug-likeness (QED) is 0.671. The van der Waals surface area contributed by atoms with E-state index in [2.05, 4.69) is 0 Å². The zero-order valence-corrected chi connectivity index (χ0v) is 13.1. The van der Waals surface area contributed by atoms with Crippen molar-refractivity contribution >= 4 is 16.9 Å². The van der Waals surface area contributed by atoms with Crippen molar-refractivity contribution in [3.8, 4) is 5.75 Å². The molecule has 3 aromatic rings. The number of hydrogen-bond donors (Lipinski definition) is 0. The van der Waals surface area contributed by atoms with E-state index < -0.39 is 18.0 Å². The van der Waals surface area contributed by atoms with Crippen LogP contribution in [0.2, 0.25) is 0 Å². The molecule has 0 spiro atoms. The Morgan fingerprint density at radius 3 is 2.62 bits per heavy atom. The van der Waals surface area contributed by atoms with E-state index in [4.69, 9.17) is 9.15 Å². The van der Waals surface area contributed by atoms with E-state index in [1.807, 2.05) is 30.3 Å². The van der Waals surface area contributed by atoms with Crippen LogP contribution >= 0.6 is 0 Å². The molecule has 1 aromatic heterocycles. The molecule has 0 aliphatic rings. The second kappa shape index (κ2) is 6.58. The summed E-state index contributed by atoms with van der Waals surface area (Å²) in [6.07, 6.45) is -0.462. The smallest absolute Gasteiger partial charge is 0.340 e. The minimum Gasteiger partial charge on any atom is -0.550 e. The molecule has 1 heterocycles. The maximum atomic E-state index is 12.0. The normalized spacial score (nSPS) is 10.7. The molecule has 24 heavy (non-hydrogen) atoms. The number of carbonyl (C=O) groups excluding carboxylic acids is 1. The summed E-state index contributed by atoms with van der Waals surface area (Å²) < 4.78 is 10.9. The summed E-state index contributed by atoms with van der Waals surface area (Å²) >= 11 is 0. The van der Waals surface area contributed by atoms with Crippen molar-refractivity contribution < 1.29 is 19.1 Å². The van der Waals surface area contributed by atoms with Crippen LogP contribution < -0.4 is 15.5 Å². The molecule has 2 aromatic carbocycles. The van der Waals surface area contributed by atoms with Gasteiger partial charge in [-0.05, 0) is 30.2 Å². The number of hydrogen-bond acceptors (Lipinski definition) is 5. The predicted molar refractivity (Wildman–Crippen MR) is 86.7 cm³/mol. The maximum absolute atomic E-state index is 12.0. The van der Waals surface area contributed by atoms with Crippen molar-refractivity contribution in [1.82, 2.24) is 0 Å². The highest BCUT2D eigenvalue weighted by molar-refractivity contribution is 5.83. The molecule has 122 valence electrons. The number of carboxylic acids is 1. The lowest BCUT2D eigenvalue weighted by atomic mass is 10.0. The van der Waals surface area contributed by atoms with Crippen LogP contribution in [0, 0.1) is 6.92 Å². The van der Waals surface area contributed by atoms with Gasteiger partial charge in [0, 0.05) is 29.4 Å². The van der Waals surface area contributed by atoms with Crippen LogP contribution in [0.15, 0.2) is 57.7 Å². The van der Waals surface area contributed by atoms with E-state index >= 15 is 0 Å². The third kappa shape index (κ3) is 3.30. The lowest BCUT2D eigenvalue weighted by Gasteiger charge is -2.10. The SMILES string of the molecule is Cc1c(CC(=O)[O-])c(=O)oc2cc(OCc3ccccc3)ccc12. The van der Waals surface area contributed by atoms with Gasteiger partial charge in [0.05, 0.1) is 0 Å². The Hall–Kier alpha value is -3.08. The molecule has 0 bridgehead atoms. The third-order valence-electron chi connectivity index (χ3n) is 3.83. The van der Waals surface area contributed by atoms with Gasteiger partial charge in [-0.2, -0.15) is 0 Å². The van der Waals surface area contributed by atoms with Crippen LogP contribution in [0.4, 0.5) is 0 Å². The molecular formula is C19H15O5-. The highest BCUT2D eigenvalue weighted by Gasteiger charge is 2.12. The number of aliphatic carboxylic acids is 1. The Morgan fingerprint density at radius 1 is 1.17 bits per heavy atom. The van der Waals surface area contributed by atoms with E-state index in [0.717, 1.165) is 5.56 Å². The molecule has 3 rings (SSSR count). The number of rotatable bonds is 5. The number of fused-ring (bicyclic) bond motifs is 1.